The van der Waals surface area contributed by atoms with Crippen LogP contribution < -0.4 is 11.5 Å². The van der Waals surface area contributed by atoms with Gasteiger partial charge in [-0.25, -0.2) is 47.8 Å². The molecule has 240 valence electrons. The average molecular weight is 707 g/mol. The molecule has 0 aromatic carbocycles. The van der Waals surface area contributed by atoms with Crippen LogP contribution >= 0.6 is 36.6 Å². The van der Waals surface area contributed by atoms with Crippen LogP contribution in [0.4, 0.5) is 20.4 Å². The Morgan fingerprint density at radius 1 is 0.822 bits per heavy atom. The zero-order valence-corrected chi connectivity index (χ0v) is 25.9. The molecule has 0 radical (unpaired) electrons. The van der Waals surface area contributed by atoms with Gasteiger partial charge in [-0.3, -0.25) is 27.2 Å². The highest BCUT2D eigenvalue weighted by Gasteiger charge is 2.54. The topological polar surface area (TPSA) is 229 Å². The van der Waals surface area contributed by atoms with Crippen LogP contribution in [0.2, 0.25) is 0 Å². The van der Waals surface area contributed by atoms with Crippen LogP contribution in [-0.4, -0.2) is 89.0 Å². The molecule has 24 heteroatoms. The molecule has 4 N–H and O–H groups in total. The molecule has 10 atom stereocenters. The van der Waals surface area contributed by atoms with E-state index in [-0.39, 0.29) is 44.8 Å². The molecule has 3 fully saturated rings. The molecule has 3 saturated heterocycles. The van der Waals surface area contributed by atoms with Gasteiger partial charge in [-0.2, -0.15) is 0 Å². The lowest BCUT2D eigenvalue weighted by molar-refractivity contribution is -0.0544. The Hall–Kier alpha value is -2.87. The van der Waals surface area contributed by atoms with Gasteiger partial charge in [0.05, 0.1) is 25.9 Å². The molecule has 4 aromatic rings. The number of ether oxygens (including phenoxy) is 2. The molecule has 0 spiro atoms. The first kappa shape index (κ1) is 30.8. The van der Waals surface area contributed by atoms with Crippen molar-refractivity contribution in [3.05, 3.63) is 25.3 Å². The number of fused-ring (bicyclic) bond motifs is 4. The summed E-state index contributed by atoms with van der Waals surface area (Å²) >= 11 is 4.00. The maximum atomic E-state index is 16.1. The van der Waals surface area contributed by atoms with E-state index in [0.717, 1.165) is 12.7 Å². The van der Waals surface area contributed by atoms with Crippen LogP contribution in [0.15, 0.2) is 25.3 Å². The Balaban J connectivity index is 1.19. The van der Waals surface area contributed by atoms with Crippen molar-refractivity contribution in [2.24, 2.45) is 0 Å². The van der Waals surface area contributed by atoms with Gasteiger partial charge in [0.15, 0.2) is 47.7 Å². The smallest absolute Gasteiger partial charge is 0.382 e. The summed E-state index contributed by atoms with van der Waals surface area (Å²) in [7, 11) is 0.175. The van der Waals surface area contributed by atoms with Crippen molar-refractivity contribution in [3.63, 3.8) is 0 Å². The molecule has 7 rings (SSSR count). The minimum absolute atomic E-state index is 0.0450. The fraction of sp³-hybridized carbons (Fsp3) is 0.476. The van der Waals surface area contributed by atoms with Gasteiger partial charge in [0.1, 0.15) is 48.1 Å². The van der Waals surface area contributed by atoms with Gasteiger partial charge in [-0.1, -0.05) is 17.9 Å². The minimum Gasteiger partial charge on any atom is -0.382 e. The van der Waals surface area contributed by atoms with Crippen LogP contribution in [-0.2, 0) is 36.7 Å². The number of halogens is 2. The first-order chi connectivity index (χ1) is 21.5. The fourth-order valence-electron chi connectivity index (χ4n) is 5.22. The monoisotopic (exact) mass is 706 g/mol. The first-order valence-corrected chi connectivity index (χ1v) is 18.6. The highest BCUT2D eigenvalue weighted by Crippen LogP contribution is 2.61. The number of nitrogens with two attached hydrogens (primary N) is 2. The SMILES string of the molecule is C#S[P@]1(=O)OC[C@H]2O[C@@H](n3cnc4c(N)ncnc43)[C@@H](F)[C@@H]2O[P@](=O)(S)OC[C@H]2O[C@@H](n3cnc4c(N)ncnc43)[C@@H](F)[C@@H]2O1. The highest BCUT2D eigenvalue weighted by molar-refractivity contribution is 8.48. The number of thiol groups is 1. The molecule has 0 saturated carbocycles. The van der Waals surface area contributed by atoms with Gasteiger partial charge in [0.2, 0.25) is 0 Å². The van der Waals surface area contributed by atoms with E-state index in [1.807, 2.05) is 0 Å². The number of anilines is 2. The Kier molecular flexibility index (Phi) is 7.81. The van der Waals surface area contributed by atoms with E-state index in [4.69, 9.17) is 44.7 Å². The Bertz CT molecular complexity index is 1930. The van der Waals surface area contributed by atoms with Gasteiger partial charge in [0.25, 0.3) is 0 Å². The summed E-state index contributed by atoms with van der Waals surface area (Å²) in [5.41, 5.74) is 18.0. The van der Waals surface area contributed by atoms with Crippen LogP contribution in [0.5, 0.6) is 0 Å². The van der Waals surface area contributed by atoms with Gasteiger partial charge in [-0.05, 0) is 10.8 Å². The molecule has 18 nitrogen and oxygen atoms in total. The van der Waals surface area contributed by atoms with E-state index in [2.05, 4.69) is 42.2 Å². The van der Waals surface area contributed by atoms with Crippen molar-refractivity contribution in [1.29, 1.82) is 0 Å². The van der Waals surface area contributed by atoms with Crippen molar-refractivity contribution in [1.82, 2.24) is 39.0 Å². The van der Waals surface area contributed by atoms with Gasteiger partial charge < -0.3 is 20.9 Å². The predicted molar refractivity (Wildman–Crippen MR) is 155 cm³/mol. The second-order valence-electron chi connectivity index (χ2n) is 9.94. The molecular weight excluding hydrogens is 684 g/mol. The van der Waals surface area contributed by atoms with Crippen LogP contribution in [0, 0.1) is 5.69 Å². The van der Waals surface area contributed by atoms with Crippen molar-refractivity contribution in [3.8, 4) is 5.69 Å². The second kappa shape index (κ2) is 11.4. The van der Waals surface area contributed by atoms with Crippen molar-refractivity contribution in [2.75, 3.05) is 24.7 Å². The second-order valence-corrected chi connectivity index (χ2v) is 16.4. The third kappa shape index (κ3) is 5.39. The lowest BCUT2D eigenvalue weighted by atomic mass is 10.1. The summed E-state index contributed by atoms with van der Waals surface area (Å²) in [4.78, 5) is 24.1. The van der Waals surface area contributed by atoms with Crippen molar-refractivity contribution >= 4 is 70.6 Å². The molecule has 0 bridgehead atoms. The zero-order chi connectivity index (χ0) is 31.7. The largest absolute Gasteiger partial charge is 0.418 e. The number of rotatable bonds is 2. The quantitative estimate of drug-likeness (QED) is 0.201. The normalized spacial score (nSPS) is 37.6. The molecular formula is C21H22F2N10O8P2S2. The zero-order valence-electron chi connectivity index (χ0n) is 22.4. The summed E-state index contributed by atoms with van der Waals surface area (Å²) in [6.07, 6.45) is -8.26. The standard InChI is InChI=1S/C21H22F2N10O8P2S2/c1-45-43(35)37-3-9-14(10(22)20(39-9)32-6-30-12-16(24)26-4-28-18(12)32)40-42(34,44)36-2-8-15(41-43)11(23)21(38-8)33-7-31-13-17(25)27-5-29-19(13)33/h1,4-11,14-15,20-21H,2-3H2,(H,34,44)(H2,24,26,28)(H2,25,27,29)/t8-,9-,10+,11+,14-,15-,20-,21-,42-,43-/m1/s1. The van der Waals surface area contributed by atoms with E-state index in [9.17, 15) is 9.13 Å². The first-order valence-electron chi connectivity index (χ1n) is 12.9. The summed E-state index contributed by atoms with van der Waals surface area (Å²) in [6.45, 7) is -10.1. The number of aromatic nitrogens is 8. The van der Waals surface area contributed by atoms with Crippen molar-refractivity contribution < 1.29 is 45.5 Å². The lowest BCUT2D eigenvalue weighted by Gasteiger charge is -2.28. The van der Waals surface area contributed by atoms with E-state index in [1.54, 1.807) is 0 Å². The molecule has 3 aliphatic heterocycles. The number of nitrogens with zero attached hydrogens (tertiary/aromatic N) is 8. The van der Waals surface area contributed by atoms with Crippen LogP contribution in [0.1, 0.15) is 12.5 Å². The summed E-state index contributed by atoms with van der Waals surface area (Å²) in [5.74, 6) is 0.0907. The molecule has 0 aliphatic carbocycles. The van der Waals surface area contributed by atoms with E-state index in [1.165, 1.54) is 21.8 Å². The number of hydrogen-bond acceptors (Lipinski definition) is 16. The summed E-state index contributed by atoms with van der Waals surface area (Å²) < 4.78 is 95.4. The summed E-state index contributed by atoms with van der Waals surface area (Å²) in [5, 5.41) is 0. The summed E-state index contributed by atoms with van der Waals surface area (Å²) in [6, 6.07) is 0. The fourth-order valence-corrected chi connectivity index (χ4v) is 8.57. The Labute approximate surface area is 259 Å². The number of alkyl halides is 2. The number of hydrogen-bond donors (Lipinski definition) is 3. The number of imidazole rings is 2. The molecule has 7 heterocycles. The Morgan fingerprint density at radius 3 is 1.82 bits per heavy atom. The van der Waals surface area contributed by atoms with E-state index in [0.29, 0.717) is 0 Å². The highest BCUT2D eigenvalue weighted by atomic mass is 32.7. The Morgan fingerprint density at radius 2 is 1.31 bits per heavy atom. The van der Waals surface area contributed by atoms with E-state index >= 15 is 8.78 Å². The van der Waals surface area contributed by atoms with Gasteiger partial charge >= 0.3 is 13.6 Å². The van der Waals surface area contributed by atoms with Crippen molar-refractivity contribution in [2.45, 2.75) is 49.2 Å². The maximum absolute atomic E-state index is 16.1. The third-order valence-corrected chi connectivity index (χ3v) is 11.5. The van der Waals surface area contributed by atoms with Gasteiger partial charge in [-0.15, -0.1) is 0 Å². The van der Waals surface area contributed by atoms with Crippen LogP contribution in [0.25, 0.3) is 22.3 Å². The van der Waals surface area contributed by atoms with Gasteiger partial charge in [0, 0.05) is 0 Å². The number of nitrogen functional groups attached to an aromatic ring is 2. The van der Waals surface area contributed by atoms with E-state index < -0.39 is 76.0 Å². The lowest BCUT2D eigenvalue weighted by Crippen LogP contribution is -2.36. The molecule has 4 aromatic heterocycles. The maximum Gasteiger partial charge on any atom is 0.418 e. The van der Waals surface area contributed by atoms with Crippen LogP contribution in [0.3, 0.4) is 0 Å². The minimum atomic E-state index is -4.40. The molecule has 0 amide bonds. The average Bonchev–Trinajstić information content (AvgIpc) is 3.77. The predicted octanol–water partition coefficient (Wildman–Crippen LogP) is 2.59. The third-order valence-electron chi connectivity index (χ3n) is 7.29. The molecule has 0 unspecified atom stereocenters. The molecule has 3 aliphatic rings. The molecule has 45 heavy (non-hydrogen) atoms.